The third kappa shape index (κ3) is 4.32. The quantitative estimate of drug-likeness (QED) is 0.354. The van der Waals surface area contributed by atoms with Gasteiger partial charge in [-0.25, -0.2) is 9.59 Å². The molecule has 0 unspecified atom stereocenters. The van der Waals surface area contributed by atoms with Crippen LogP contribution in [0.5, 0.6) is 0 Å². The number of piperidine rings is 1. The number of methoxy groups -OCH3 is 2. The highest BCUT2D eigenvalue weighted by molar-refractivity contribution is 6.04. The maximum absolute atomic E-state index is 12.6. The summed E-state index contributed by atoms with van der Waals surface area (Å²) in [5, 5.41) is 23.5. The molecule has 2 aliphatic rings. The topological polar surface area (TPSA) is 155 Å². The maximum atomic E-state index is 12.6. The number of carbonyl (C=O) groups is 2. The molecule has 0 radical (unpaired) electrons. The van der Waals surface area contributed by atoms with E-state index in [4.69, 9.17) is 14.2 Å². The molecule has 0 N–H and O–H groups in total. The van der Waals surface area contributed by atoms with Crippen LogP contribution in [-0.4, -0.2) is 62.4 Å². The maximum Gasteiger partial charge on any atom is 0.355 e. The largest absolute Gasteiger partial charge is 0.466 e. The lowest BCUT2D eigenvalue weighted by molar-refractivity contribution is -0.393. The van der Waals surface area contributed by atoms with E-state index in [0.29, 0.717) is 13.1 Å². The van der Waals surface area contributed by atoms with E-state index < -0.39 is 33.2 Å². The molecule has 0 aliphatic carbocycles. The Kier molecular flexibility index (Phi) is 6.88. The smallest absolute Gasteiger partial charge is 0.355 e. The van der Waals surface area contributed by atoms with Gasteiger partial charge >= 0.3 is 11.9 Å². The van der Waals surface area contributed by atoms with Crippen LogP contribution in [0.4, 0.5) is 22.7 Å². The molecule has 0 bridgehead atoms. The molecule has 1 fully saturated rings. The number of nitro benzene ring substituents is 2. The Hall–Kier alpha value is -3.74. The molecule has 0 saturated carbocycles. The monoisotopic (exact) mass is 450 g/mol. The number of benzene rings is 1. The molecular formula is C19H22N4O9. The first kappa shape index (κ1) is 22.9. The molecule has 2 heterocycles. The lowest BCUT2D eigenvalue weighted by atomic mass is 10.1. The van der Waals surface area contributed by atoms with E-state index in [9.17, 15) is 29.8 Å². The van der Waals surface area contributed by atoms with Crippen molar-refractivity contribution < 1.29 is 33.6 Å². The van der Waals surface area contributed by atoms with Gasteiger partial charge in [0.25, 0.3) is 11.4 Å². The van der Waals surface area contributed by atoms with Crippen molar-refractivity contribution in [3.8, 4) is 0 Å². The zero-order valence-electron chi connectivity index (χ0n) is 17.6. The molecule has 32 heavy (non-hydrogen) atoms. The average molecular weight is 450 g/mol. The molecule has 172 valence electrons. The van der Waals surface area contributed by atoms with Crippen LogP contribution in [0, 0.1) is 20.2 Å². The van der Waals surface area contributed by atoms with E-state index in [1.807, 2.05) is 0 Å². The van der Waals surface area contributed by atoms with Crippen molar-refractivity contribution in [2.75, 3.05) is 50.4 Å². The van der Waals surface area contributed by atoms with E-state index in [1.54, 1.807) is 4.90 Å². The lowest BCUT2D eigenvalue weighted by Gasteiger charge is -2.33. The Bertz CT molecular complexity index is 985. The van der Waals surface area contributed by atoms with Gasteiger partial charge in [-0.05, 0) is 25.3 Å². The standard InChI is InChI=1S/C19H22N4O9/c1-30-18(24)12-10-32-11-21(17(12)19(25)31-2)14-8-13(20-6-4-3-5-7-20)15(22(26)27)9-16(14)23(28)29/h8-9H,3-7,10-11H2,1-2H3. The lowest BCUT2D eigenvalue weighted by Crippen LogP contribution is -2.39. The minimum atomic E-state index is -0.930. The van der Waals surface area contributed by atoms with Gasteiger partial charge in [0, 0.05) is 13.1 Å². The number of rotatable bonds is 6. The average Bonchev–Trinajstić information content (AvgIpc) is 2.82. The Morgan fingerprint density at radius 1 is 0.938 bits per heavy atom. The molecule has 2 aliphatic heterocycles. The third-order valence-electron chi connectivity index (χ3n) is 5.29. The van der Waals surface area contributed by atoms with Crippen LogP contribution in [-0.2, 0) is 23.8 Å². The first-order chi connectivity index (χ1) is 15.3. The van der Waals surface area contributed by atoms with Crippen LogP contribution in [0.15, 0.2) is 23.4 Å². The van der Waals surface area contributed by atoms with Crippen molar-refractivity contribution >= 4 is 34.7 Å². The summed E-state index contributed by atoms with van der Waals surface area (Å²) in [7, 11) is 2.22. The predicted molar refractivity (Wildman–Crippen MR) is 110 cm³/mol. The van der Waals surface area contributed by atoms with Crippen molar-refractivity contribution in [3.63, 3.8) is 0 Å². The van der Waals surface area contributed by atoms with Crippen LogP contribution in [0.25, 0.3) is 0 Å². The van der Waals surface area contributed by atoms with Crippen LogP contribution < -0.4 is 9.80 Å². The minimum absolute atomic E-state index is 0.136. The SMILES string of the molecule is COC(=O)C1=C(C(=O)OC)N(c2cc(N3CCCCC3)c([N+](=O)[O-])cc2[N+](=O)[O-])COC1. The van der Waals surface area contributed by atoms with E-state index in [2.05, 4.69) is 0 Å². The van der Waals surface area contributed by atoms with Gasteiger partial charge in [0.1, 0.15) is 23.8 Å². The minimum Gasteiger partial charge on any atom is -0.466 e. The van der Waals surface area contributed by atoms with Crippen molar-refractivity contribution in [1.29, 1.82) is 0 Å². The summed E-state index contributed by atoms with van der Waals surface area (Å²) in [6.45, 7) is 0.500. The third-order valence-corrected chi connectivity index (χ3v) is 5.29. The molecule has 1 aromatic carbocycles. The second kappa shape index (κ2) is 9.60. The van der Waals surface area contributed by atoms with Gasteiger partial charge in [-0.2, -0.15) is 0 Å². The fraction of sp³-hybridized carbons (Fsp3) is 0.474. The van der Waals surface area contributed by atoms with Crippen LogP contribution in [0.2, 0.25) is 0 Å². The molecule has 0 atom stereocenters. The highest BCUT2D eigenvalue weighted by Gasteiger charge is 2.37. The molecule has 13 nitrogen and oxygen atoms in total. The summed E-state index contributed by atoms with van der Waals surface area (Å²) < 4.78 is 14.9. The molecule has 0 spiro atoms. The predicted octanol–water partition coefficient (Wildman–Crippen LogP) is 1.89. The number of hydrogen-bond donors (Lipinski definition) is 0. The van der Waals surface area contributed by atoms with E-state index in [0.717, 1.165) is 44.4 Å². The van der Waals surface area contributed by atoms with Gasteiger partial charge < -0.3 is 24.0 Å². The summed E-state index contributed by atoms with van der Waals surface area (Å²) in [6, 6.07) is 2.15. The Labute approximate surface area is 182 Å². The first-order valence-corrected chi connectivity index (χ1v) is 9.77. The molecule has 1 saturated heterocycles. The van der Waals surface area contributed by atoms with Gasteiger partial charge in [0.05, 0.1) is 42.3 Å². The fourth-order valence-corrected chi connectivity index (χ4v) is 3.79. The van der Waals surface area contributed by atoms with Crippen LogP contribution >= 0.6 is 0 Å². The van der Waals surface area contributed by atoms with Crippen molar-refractivity contribution in [2.45, 2.75) is 19.3 Å². The number of nitro groups is 2. The summed E-state index contributed by atoms with van der Waals surface area (Å²) in [6.07, 6.45) is 2.61. The number of nitrogens with zero attached hydrogens (tertiary/aromatic N) is 4. The zero-order valence-corrected chi connectivity index (χ0v) is 17.6. The number of ether oxygens (including phenoxy) is 3. The van der Waals surface area contributed by atoms with Gasteiger partial charge in [0.15, 0.2) is 0 Å². The highest BCUT2D eigenvalue weighted by atomic mass is 16.6. The van der Waals surface area contributed by atoms with Gasteiger partial charge in [-0.15, -0.1) is 0 Å². The Morgan fingerprint density at radius 2 is 1.53 bits per heavy atom. The van der Waals surface area contributed by atoms with Crippen molar-refractivity contribution in [2.24, 2.45) is 0 Å². The Balaban J connectivity index is 2.26. The zero-order chi connectivity index (χ0) is 23.4. The molecule has 1 aromatic rings. The van der Waals surface area contributed by atoms with Gasteiger partial charge in [0.2, 0.25) is 0 Å². The summed E-state index contributed by atoms with van der Waals surface area (Å²) in [5.74, 6) is -1.79. The van der Waals surface area contributed by atoms with E-state index in [1.165, 1.54) is 6.07 Å². The first-order valence-electron chi connectivity index (χ1n) is 9.77. The molecule has 0 amide bonds. The fourth-order valence-electron chi connectivity index (χ4n) is 3.79. The van der Waals surface area contributed by atoms with Gasteiger partial charge in [-0.1, -0.05) is 0 Å². The molecule has 13 heteroatoms. The second-order valence-corrected chi connectivity index (χ2v) is 7.11. The highest BCUT2D eigenvalue weighted by Crippen LogP contribution is 2.42. The number of hydrogen-bond acceptors (Lipinski definition) is 11. The molecular weight excluding hydrogens is 428 g/mol. The number of esters is 2. The van der Waals surface area contributed by atoms with E-state index in [-0.39, 0.29) is 36.0 Å². The van der Waals surface area contributed by atoms with Crippen molar-refractivity contribution in [1.82, 2.24) is 0 Å². The number of anilines is 2. The van der Waals surface area contributed by atoms with Gasteiger partial charge in [-0.3, -0.25) is 20.2 Å². The van der Waals surface area contributed by atoms with Crippen molar-refractivity contribution in [3.05, 3.63) is 43.6 Å². The van der Waals surface area contributed by atoms with Crippen LogP contribution in [0.3, 0.4) is 0 Å². The summed E-state index contributed by atoms with van der Waals surface area (Å²) in [5.41, 5.74) is -1.46. The van der Waals surface area contributed by atoms with Crippen LogP contribution in [0.1, 0.15) is 19.3 Å². The number of carbonyl (C=O) groups excluding carboxylic acids is 2. The molecule has 0 aromatic heterocycles. The molecule has 3 rings (SSSR count). The normalized spacial score (nSPS) is 16.6. The van der Waals surface area contributed by atoms with E-state index >= 15 is 0 Å². The summed E-state index contributed by atoms with van der Waals surface area (Å²) >= 11 is 0. The Morgan fingerprint density at radius 3 is 2.09 bits per heavy atom. The second-order valence-electron chi connectivity index (χ2n) is 7.11. The summed E-state index contributed by atoms with van der Waals surface area (Å²) in [4.78, 5) is 49.7.